The lowest BCUT2D eigenvalue weighted by molar-refractivity contribution is -0.131. The molecule has 8 nitrogen and oxygen atoms in total. The van der Waals surface area contributed by atoms with E-state index in [-0.39, 0.29) is 24.3 Å². The van der Waals surface area contributed by atoms with Gasteiger partial charge in [0, 0.05) is 42.4 Å². The quantitative estimate of drug-likeness (QED) is 0.786. The first-order valence-electron chi connectivity index (χ1n) is 9.44. The predicted molar refractivity (Wildman–Crippen MR) is 101 cm³/mol. The van der Waals surface area contributed by atoms with Crippen molar-refractivity contribution >= 4 is 11.8 Å². The maximum absolute atomic E-state index is 12.9. The lowest BCUT2D eigenvalue weighted by Gasteiger charge is -2.27. The third-order valence-electron chi connectivity index (χ3n) is 5.24. The SMILES string of the molecule is COc1ccc(OC)c(CC(=O)N2CCc3[nH]nc(C(=O)NC4CC4)c3C2)c1. The Balaban J connectivity index is 1.49. The Kier molecular flexibility index (Phi) is 4.93. The standard InChI is InChI=1S/C20H24N4O4/c1-27-14-5-6-17(28-2)12(9-14)10-18(25)24-8-7-16-15(11-24)19(23-22-16)20(26)21-13-3-4-13/h5-6,9,13H,3-4,7-8,10-11H2,1-2H3,(H,21,26)(H,22,23). The van der Waals surface area contributed by atoms with Crippen LogP contribution < -0.4 is 14.8 Å². The summed E-state index contributed by atoms with van der Waals surface area (Å²) in [6.45, 7) is 0.967. The second-order valence-corrected chi connectivity index (χ2v) is 7.20. The Morgan fingerprint density at radius 2 is 2.11 bits per heavy atom. The molecule has 1 fully saturated rings. The van der Waals surface area contributed by atoms with Crippen molar-refractivity contribution in [3.8, 4) is 11.5 Å². The van der Waals surface area contributed by atoms with Gasteiger partial charge < -0.3 is 19.7 Å². The number of nitrogens with zero attached hydrogens (tertiary/aromatic N) is 2. The van der Waals surface area contributed by atoms with Crippen LogP contribution in [0.3, 0.4) is 0 Å². The van der Waals surface area contributed by atoms with E-state index in [0.717, 1.165) is 29.7 Å². The van der Waals surface area contributed by atoms with Crippen LogP contribution in [0.25, 0.3) is 0 Å². The highest BCUT2D eigenvalue weighted by Gasteiger charge is 2.30. The van der Waals surface area contributed by atoms with Gasteiger partial charge in [-0.2, -0.15) is 5.10 Å². The average molecular weight is 384 g/mol. The van der Waals surface area contributed by atoms with E-state index in [2.05, 4.69) is 15.5 Å². The van der Waals surface area contributed by atoms with Gasteiger partial charge in [0.05, 0.1) is 20.6 Å². The molecule has 2 N–H and O–H groups in total. The van der Waals surface area contributed by atoms with Crippen LogP contribution in [0, 0.1) is 0 Å². The molecule has 8 heteroatoms. The lowest BCUT2D eigenvalue weighted by Crippen LogP contribution is -2.38. The van der Waals surface area contributed by atoms with Crippen LogP contribution in [0.15, 0.2) is 18.2 Å². The first kappa shape index (κ1) is 18.3. The van der Waals surface area contributed by atoms with Crippen molar-refractivity contribution in [3.63, 3.8) is 0 Å². The Labute approximate surface area is 163 Å². The van der Waals surface area contributed by atoms with Gasteiger partial charge in [-0.05, 0) is 31.0 Å². The number of nitrogens with one attached hydrogen (secondary N) is 2. The molecule has 0 saturated heterocycles. The van der Waals surface area contributed by atoms with Crippen molar-refractivity contribution < 1.29 is 19.1 Å². The third-order valence-corrected chi connectivity index (χ3v) is 5.24. The zero-order chi connectivity index (χ0) is 19.7. The van der Waals surface area contributed by atoms with E-state index in [9.17, 15) is 9.59 Å². The van der Waals surface area contributed by atoms with Crippen molar-refractivity contribution in [1.29, 1.82) is 0 Å². The molecule has 0 unspecified atom stereocenters. The summed E-state index contributed by atoms with van der Waals surface area (Å²) in [6.07, 6.45) is 2.90. The molecule has 2 heterocycles. The molecular formula is C20H24N4O4. The van der Waals surface area contributed by atoms with E-state index in [0.29, 0.717) is 36.7 Å². The summed E-state index contributed by atoms with van der Waals surface area (Å²) in [4.78, 5) is 27.1. The molecule has 2 aromatic rings. The summed E-state index contributed by atoms with van der Waals surface area (Å²) in [7, 11) is 3.17. The maximum atomic E-state index is 12.9. The van der Waals surface area contributed by atoms with Gasteiger partial charge in [-0.25, -0.2) is 0 Å². The molecule has 0 spiro atoms. The highest BCUT2D eigenvalue weighted by Crippen LogP contribution is 2.27. The van der Waals surface area contributed by atoms with Gasteiger partial charge in [-0.1, -0.05) is 0 Å². The molecule has 1 saturated carbocycles. The number of carbonyl (C=O) groups excluding carboxylic acids is 2. The van der Waals surface area contributed by atoms with Crippen molar-refractivity contribution in [1.82, 2.24) is 20.4 Å². The lowest BCUT2D eigenvalue weighted by atomic mass is 10.0. The van der Waals surface area contributed by atoms with Crippen molar-refractivity contribution in [3.05, 3.63) is 40.7 Å². The molecule has 0 radical (unpaired) electrons. The van der Waals surface area contributed by atoms with Gasteiger partial charge >= 0.3 is 0 Å². The number of amides is 2. The van der Waals surface area contributed by atoms with Gasteiger partial charge in [0.1, 0.15) is 11.5 Å². The number of hydrogen-bond donors (Lipinski definition) is 2. The topological polar surface area (TPSA) is 96.6 Å². The van der Waals surface area contributed by atoms with E-state index in [1.54, 1.807) is 31.3 Å². The fourth-order valence-electron chi connectivity index (χ4n) is 3.47. The van der Waals surface area contributed by atoms with Crippen molar-refractivity contribution in [2.45, 2.75) is 38.3 Å². The molecule has 28 heavy (non-hydrogen) atoms. The van der Waals surface area contributed by atoms with Crippen LogP contribution in [0.5, 0.6) is 11.5 Å². The fraction of sp³-hybridized carbons (Fsp3) is 0.450. The number of methoxy groups -OCH3 is 2. The number of rotatable bonds is 6. The van der Waals surface area contributed by atoms with Crippen molar-refractivity contribution in [2.24, 2.45) is 0 Å². The largest absolute Gasteiger partial charge is 0.497 e. The summed E-state index contributed by atoms with van der Waals surface area (Å²) < 4.78 is 10.6. The molecular weight excluding hydrogens is 360 g/mol. The first-order valence-corrected chi connectivity index (χ1v) is 9.44. The van der Waals surface area contributed by atoms with E-state index >= 15 is 0 Å². The number of benzene rings is 1. The van der Waals surface area contributed by atoms with Crippen LogP contribution in [0.2, 0.25) is 0 Å². The van der Waals surface area contributed by atoms with E-state index in [4.69, 9.17) is 9.47 Å². The summed E-state index contributed by atoms with van der Waals surface area (Å²) >= 11 is 0. The Bertz CT molecular complexity index is 904. The molecule has 1 aromatic carbocycles. The van der Waals surface area contributed by atoms with Gasteiger partial charge in [0.25, 0.3) is 5.91 Å². The van der Waals surface area contributed by atoms with E-state index in [1.807, 2.05) is 6.07 Å². The molecule has 2 amide bonds. The highest BCUT2D eigenvalue weighted by molar-refractivity contribution is 5.94. The zero-order valence-corrected chi connectivity index (χ0v) is 16.1. The number of H-pyrrole nitrogens is 1. The third kappa shape index (κ3) is 3.67. The van der Waals surface area contributed by atoms with Crippen LogP contribution in [-0.2, 0) is 24.2 Å². The maximum Gasteiger partial charge on any atom is 0.272 e. The summed E-state index contributed by atoms with van der Waals surface area (Å²) in [6, 6.07) is 5.68. The molecule has 0 bridgehead atoms. The summed E-state index contributed by atoms with van der Waals surface area (Å²) in [5, 5.41) is 10.1. The summed E-state index contributed by atoms with van der Waals surface area (Å²) in [5.41, 5.74) is 2.93. The van der Waals surface area contributed by atoms with Gasteiger partial charge in [-0.15, -0.1) is 0 Å². The van der Waals surface area contributed by atoms with E-state index in [1.165, 1.54) is 0 Å². The number of hydrogen-bond acceptors (Lipinski definition) is 5. The normalized spacial score (nSPS) is 15.7. The van der Waals surface area contributed by atoms with Crippen LogP contribution in [-0.4, -0.2) is 53.7 Å². The molecule has 148 valence electrons. The number of carbonyl (C=O) groups is 2. The molecule has 4 rings (SSSR count). The molecule has 1 aliphatic heterocycles. The number of fused-ring (bicyclic) bond motifs is 1. The monoisotopic (exact) mass is 384 g/mol. The van der Waals surface area contributed by atoms with Crippen LogP contribution in [0.4, 0.5) is 0 Å². The molecule has 1 aliphatic carbocycles. The Morgan fingerprint density at radius 3 is 2.82 bits per heavy atom. The minimum Gasteiger partial charge on any atom is -0.497 e. The molecule has 1 aromatic heterocycles. The minimum atomic E-state index is -0.163. The fourth-order valence-corrected chi connectivity index (χ4v) is 3.47. The Morgan fingerprint density at radius 1 is 1.29 bits per heavy atom. The average Bonchev–Trinajstić information content (AvgIpc) is 3.42. The van der Waals surface area contributed by atoms with Crippen molar-refractivity contribution in [2.75, 3.05) is 20.8 Å². The van der Waals surface area contributed by atoms with Gasteiger partial charge in [0.2, 0.25) is 5.91 Å². The second kappa shape index (κ2) is 7.53. The van der Waals surface area contributed by atoms with Gasteiger partial charge in [-0.3, -0.25) is 14.7 Å². The molecule has 0 atom stereocenters. The number of aromatic amines is 1. The number of aromatic nitrogens is 2. The Hall–Kier alpha value is -3.03. The predicted octanol–water partition coefficient (Wildman–Crippen LogP) is 1.45. The van der Waals surface area contributed by atoms with Crippen LogP contribution in [0.1, 0.15) is 40.2 Å². The second-order valence-electron chi connectivity index (χ2n) is 7.20. The number of ether oxygens (including phenoxy) is 2. The van der Waals surface area contributed by atoms with E-state index < -0.39 is 0 Å². The molecule has 2 aliphatic rings. The first-order chi connectivity index (χ1) is 13.6. The smallest absolute Gasteiger partial charge is 0.272 e. The van der Waals surface area contributed by atoms with Gasteiger partial charge in [0.15, 0.2) is 5.69 Å². The summed E-state index contributed by atoms with van der Waals surface area (Å²) in [5.74, 6) is 1.15. The zero-order valence-electron chi connectivity index (χ0n) is 16.1. The minimum absolute atomic E-state index is 0.0213. The van der Waals surface area contributed by atoms with Crippen LogP contribution >= 0.6 is 0 Å². The highest BCUT2D eigenvalue weighted by atomic mass is 16.5.